The average molecular weight is 396 g/mol. The van der Waals surface area contributed by atoms with Crippen LogP contribution in [0.4, 0.5) is 0 Å². The van der Waals surface area contributed by atoms with Crippen molar-refractivity contribution >= 4 is 11.6 Å². The predicted octanol–water partition coefficient (Wildman–Crippen LogP) is 1.80. The molecule has 1 amide bonds. The Morgan fingerprint density at radius 2 is 1.97 bits per heavy atom. The summed E-state index contributed by atoms with van der Waals surface area (Å²) in [6.45, 7) is 1.91. The number of hydrogen-bond donors (Lipinski definition) is 1. The number of H-pyrrole nitrogens is 1. The number of aromatic nitrogens is 3. The van der Waals surface area contributed by atoms with Crippen molar-refractivity contribution in [1.29, 1.82) is 0 Å². The third kappa shape index (κ3) is 3.68. The summed E-state index contributed by atoms with van der Waals surface area (Å²) in [5, 5.41) is 3.12. The van der Waals surface area contributed by atoms with E-state index in [4.69, 9.17) is 14.5 Å². The zero-order valence-electron chi connectivity index (χ0n) is 16.6. The first kappa shape index (κ1) is 19.4. The number of hydrogen-bond acceptors (Lipinski definition) is 5. The Balaban J connectivity index is 1.78. The van der Waals surface area contributed by atoms with Gasteiger partial charge in [-0.3, -0.25) is 14.7 Å². The Labute approximate surface area is 168 Å². The molecule has 8 nitrogen and oxygen atoms in total. The molecule has 3 heterocycles. The molecule has 0 spiro atoms. The number of likely N-dealkylation sites (tertiary alicyclic amines) is 1. The van der Waals surface area contributed by atoms with Gasteiger partial charge in [0.2, 0.25) is 5.91 Å². The topological polar surface area (TPSA) is 88.9 Å². The maximum absolute atomic E-state index is 12.8. The molecule has 0 aliphatic carbocycles. The molecule has 0 saturated carbocycles. The molecule has 1 aliphatic rings. The van der Waals surface area contributed by atoms with Crippen LogP contribution in [0.5, 0.6) is 0 Å². The van der Waals surface area contributed by atoms with Gasteiger partial charge in [0.1, 0.15) is 0 Å². The van der Waals surface area contributed by atoms with Gasteiger partial charge in [0.15, 0.2) is 5.65 Å². The second-order valence-corrected chi connectivity index (χ2v) is 7.18. The van der Waals surface area contributed by atoms with E-state index >= 15 is 0 Å². The number of carbonyl (C=O) groups is 1. The molecule has 8 heteroatoms. The Morgan fingerprint density at radius 1 is 1.17 bits per heavy atom. The van der Waals surface area contributed by atoms with Gasteiger partial charge in [0.05, 0.1) is 24.6 Å². The first-order chi connectivity index (χ1) is 14.1. The Hall–Kier alpha value is -2.97. The molecule has 1 aliphatic heterocycles. The predicted molar refractivity (Wildman–Crippen MR) is 108 cm³/mol. The summed E-state index contributed by atoms with van der Waals surface area (Å²) in [5.74, 6) is -0.0482. The number of fused-ring (bicyclic) bond motifs is 1. The molecule has 0 radical (unpaired) electrons. The highest BCUT2D eigenvalue weighted by molar-refractivity contribution is 5.81. The number of nitrogens with one attached hydrogen (secondary N) is 1. The van der Waals surface area contributed by atoms with E-state index in [1.165, 1.54) is 10.6 Å². The number of aromatic amines is 1. The van der Waals surface area contributed by atoms with Gasteiger partial charge in [-0.2, -0.15) is 0 Å². The average Bonchev–Trinajstić information content (AvgIpc) is 3.28. The highest BCUT2D eigenvalue weighted by atomic mass is 16.5. The number of benzene rings is 1. The van der Waals surface area contributed by atoms with Gasteiger partial charge in [-0.1, -0.05) is 30.3 Å². The van der Waals surface area contributed by atoms with Crippen LogP contribution < -0.4 is 5.56 Å². The SMILES string of the molecule is COCCN1C[C@@H](c2cc(=O)n3[nH]c(COC)c(-c4ccccc4)c3n2)CC1=O. The number of ether oxygens (including phenoxy) is 2. The highest BCUT2D eigenvalue weighted by Gasteiger charge is 2.32. The van der Waals surface area contributed by atoms with Crippen molar-refractivity contribution in [2.45, 2.75) is 18.9 Å². The van der Waals surface area contributed by atoms with Crippen LogP contribution in [0.3, 0.4) is 0 Å². The second-order valence-electron chi connectivity index (χ2n) is 7.18. The van der Waals surface area contributed by atoms with Crippen molar-refractivity contribution in [2.24, 2.45) is 0 Å². The lowest BCUT2D eigenvalue weighted by molar-refractivity contribution is -0.128. The number of methoxy groups -OCH3 is 2. The van der Waals surface area contributed by atoms with Gasteiger partial charge < -0.3 is 14.4 Å². The van der Waals surface area contributed by atoms with E-state index in [2.05, 4.69) is 5.10 Å². The van der Waals surface area contributed by atoms with Crippen LogP contribution in [0.1, 0.15) is 23.7 Å². The molecule has 0 bridgehead atoms. The zero-order valence-corrected chi connectivity index (χ0v) is 16.6. The van der Waals surface area contributed by atoms with Crippen LogP contribution in [0.15, 0.2) is 41.2 Å². The number of rotatable bonds is 7. The fourth-order valence-electron chi connectivity index (χ4n) is 3.86. The summed E-state index contributed by atoms with van der Waals surface area (Å²) in [5.41, 5.74) is 3.56. The third-order valence-corrected chi connectivity index (χ3v) is 5.26. The van der Waals surface area contributed by atoms with E-state index in [0.29, 0.717) is 44.1 Å². The molecule has 1 aromatic carbocycles. The summed E-state index contributed by atoms with van der Waals surface area (Å²) >= 11 is 0. The first-order valence-corrected chi connectivity index (χ1v) is 9.58. The maximum atomic E-state index is 12.8. The van der Waals surface area contributed by atoms with Gasteiger partial charge >= 0.3 is 0 Å². The van der Waals surface area contributed by atoms with Crippen molar-refractivity contribution in [2.75, 3.05) is 33.9 Å². The fraction of sp³-hybridized carbons (Fsp3) is 0.381. The smallest absolute Gasteiger partial charge is 0.272 e. The molecule has 29 heavy (non-hydrogen) atoms. The lowest BCUT2D eigenvalue weighted by Crippen LogP contribution is -2.28. The number of carbonyl (C=O) groups excluding carboxylic acids is 1. The summed E-state index contributed by atoms with van der Waals surface area (Å²) in [6.07, 6.45) is 0.350. The Morgan fingerprint density at radius 3 is 2.69 bits per heavy atom. The van der Waals surface area contributed by atoms with E-state index < -0.39 is 0 Å². The quantitative estimate of drug-likeness (QED) is 0.658. The van der Waals surface area contributed by atoms with Crippen molar-refractivity contribution in [3.8, 4) is 11.1 Å². The van der Waals surface area contributed by atoms with Crippen LogP contribution >= 0.6 is 0 Å². The molecule has 1 atom stereocenters. The number of nitrogens with zero attached hydrogens (tertiary/aromatic N) is 3. The van der Waals surface area contributed by atoms with E-state index in [1.807, 2.05) is 30.3 Å². The standard InChI is InChI=1S/C21H24N4O4/c1-28-9-8-24-12-15(10-18(24)26)16-11-19(27)25-21(22-16)20(17(23-25)13-29-2)14-6-4-3-5-7-14/h3-7,11,15,23H,8-10,12-13H2,1-2H3/t15-/m0/s1. The highest BCUT2D eigenvalue weighted by Crippen LogP contribution is 2.30. The molecular weight excluding hydrogens is 372 g/mol. The van der Waals surface area contributed by atoms with Gasteiger partial charge in [0.25, 0.3) is 5.56 Å². The fourth-order valence-corrected chi connectivity index (χ4v) is 3.86. The number of amides is 1. The summed E-state index contributed by atoms with van der Waals surface area (Å²) in [7, 11) is 3.23. The van der Waals surface area contributed by atoms with Gasteiger partial charge in [0, 0.05) is 51.3 Å². The molecule has 1 N–H and O–H groups in total. The van der Waals surface area contributed by atoms with Gasteiger partial charge in [-0.15, -0.1) is 0 Å². The Bertz CT molecular complexity index is 1070. The molecule has 2 aromatic heterocycles. The Kier molecular flexibility index (Phi) is 5.46. The monoisotopic (exact) mass is 396 g/mol. The molecule has 1 fully saturated rings. The van der Waals surface area contributed by atoms with Crippen LogP contribution in [-0.4, -0.2) is 59.3 Å². The second kappa shape index (κ2) is 8.18. The van der Waals surface area contributed by atoms with Crippen molar-refractivity contribution in [1.82, 2.24) is 19.5 Å². The molecule has 152 valence electrons. The summed E-state index contributed by atoms with van der Waals surface area (Å²) in [6, 6.07) is 11.3. The maximum Gasteiger partial charge on any atom is 0.272 e. The zero-order chi connectivity index (χ0) is 20.4. The molecular formula is C21H24N4O4. The molecule has 3 aromatic rings. The first-order valence-electron chi connectivity index (χ1n) is 9.58. The molecule has 4 rings (SSSR count). The van der Waals surface area contributed by atoms with Crippen molar-refractivity contribution in [3.05, 3.63) is 58.1 Å². The van der Waals surface area contributed by atoms with Crippen LogP contribution in [0.25, 0.3) is 16.8 Å². The van der Waals surface area contributed by atoms with Gasteiger partial charge in [-0.05, 0) is 5.56 Å². The minimum atomic E-state index is -0.202. The van der Waals surface area contributed by atoms with E-state index in [1.54, 1.807) is 19.1 Å². The molecule has 1 saturated heterocycles. The molecule has 0 unspecified atom stereocenters. The van der Waals surface area contributed by atoms with Gasteiger partial charge in [-0.25, -0.2) is 9.50 Å². The van der Waals surface area contributed by atoms with Crippen LogP contribution in [0.2, 0.25) is 0 Å². The van der Waals surface area contributed by atoms with Crippen LogP contribution in [0, 0.1) is 0 Å². The largest absolute Gasteiger partial charge is 0.383 e. The lowest BCUT2D eigenvalue weighted by atomic mass is 10.0. The lowest BCUT2D eigenvalue weighted by Gasteiger charge is -2.15. The van der Waals surface area contributed by atoms with Crippen molar-refractivity contribution in [3.63, 3.8) is 0 Å². The third-order valence-electron chi connectivity index (χ3n) is 5.26. The summed E-state index contributed by atoms with van der Waals surface area (Å²) < 4.78 is 11.8. The minimum Gasteiger partial charge on any atom is -0.383 e. The van der Waals surface area contributed by atoms with E-state index in [9.17, 15) is 9.59 Å². The van der Waals surface area contributed by atoms with Crippen LogP contribution in [-0.2, 0) is 20.9 Å². The normalized spacial score (nSPS) is 16.8. The van der Waals surface area contributed by atoms with E-state index in [0.717, 1.165) is 16.8 Å². The van der Waals surface area contributed by atoms with Crippen molar-refractivity contribution < 1.29 is 14.3 Å². The minimum absolute atomic E-state index is 0.0615. The van der Waals surface area contributed by atoms with E-state index in [-0.39, 0.29) is 17.4 Å². The summed E-state index contributed by atoms with van der Waals surface area (Å²) in [4.78, 5) is 31.7.